The molecule has 2 aromatic heterocycles. The zero-order valence-electron chi connectivity index (χ0n) is 7.97. The minimum absolute atomic E-state index is 0.142. The molecule has 2 rings (SSSR count). The standard InChI is InChI=1S/C9H10ClN3O/c1-5-8-6(4-10)3-7(14)11-9(8)13(2)12-5/h3H,4H2,1-2H3,(H,11,14). The lowest BCUT2D eigenvalue weighted by atomic mass is 10.2. The molecule has 0 bridgehead atoms. The quantitative estimate of drug-likeness (QED) is 0.724. The average Bonchev–Trinajstić information content (AvgIpc) is 2.41. The Hall–Kier alpha value is -1.29. The maximum absolute atomic E-state index is 11.3. The number of alkyl halides is 1. The predicted molar refractivity (Wildman–Crippen MR) is 55.6 cm³/mol. The normalized spacial score (nSPS) is 11.1. The van der Waals surface area contributed by atoms with Crippen molar-refractivity contribution in [2.45, 2.75) is 12.8 Å². The van der Waals surface area contributed by atoms with Crippen molar-refractivity contribution in [1.82, 2.24) is 14.8 Å². The summed E-state index contributed by atoms with van der Waals surface area (Å²) in [6.45, 7) is 1.90. The lowest BCUT2D eigenvalue weighted by Crippen LogP contribution is -2.07. The molecule has 0 aliphatic rings. The Labute approximate surface area is 85.5 Å². The zero-order valence-corrected chi connectivity index (χ0v) is 8.72. The van der Waals surface area contributed by atoms with Gasteiger partial charge in [-0.15, -0.1) is 11.6 Å². The Morgan fingerprint density at radius 2 is 2.36 bits per heavy atom. The summed E-state index contributed by atoms with van der Waals surface area (Å²) in [5.41, 5.74) is 2.30. The molecule has 0 atom stereocenters. The van der Waals surface area contributed by atoms with Gasteiger partial charge in [0.15, 0.2) is 0 Å². The van der Waals surface area contributed by atoms with Gasteiger partial charge in [-0.1, -0.05) is 0 Å². The first-order chi connectivity index (χ1) is 6.63. The summed E-state index contributed by atoms with van der Waals surface area (Å²) in [6, 6.07) is 1.52. The highest BCUT2D eigenvalue weighted by Crippen LogP contribution is 2.19. The SMILES string of the molecule is Cc1nn(C)c2[nH]c(=O)cc(CCl)c12. The molecule has 0 aliphatic heterocycles. The van der Waals surface area contributed by atoms with Crippen molar-refractivity contribution >= 4 is 22.6 Å². The summed E-state index contributed by atoms with van der Waals surface area (Å²) in [6.07, 6.45) is 0. The molecule has 0 fully saturated rings. The van der Waals surface area contributed by atoms with Crippen molar-refractivity contribution in [3.63, 3.8) is 0 Å². The number of H-pyrrole nitrogens is 1. The Kier molecular flexibility index (Phi) is 2.07. The number of fused-ring (bicyclic) bond motifs is 1. The molecule has 0 saturated carbocycles. The van der Waals surface area contributed by atoms with Crippen LogP contribution in [0.1, 0.15) is 11.3 Å². The van der Waals surface area contributed by atoms with E-state index in [0.717, 1.165) is 22.3 Å². The first-order valence-corrected chi connectivity index (χ1v) is 4.78. The number of pyridine rings is 1. The molecule has 4 nitrogen and oxygen atoms in total. The van der Waals surface area contributed by atoms with Gasteiger partial charge in [-0.2, -0.15) is 5.10 Å². The maximum atomic E-state index is 11.3. The first kappa shape index (κ1) is 9.27. The molecular formula is C9H10ClN3O. The van der Waals surface area contributed by atoms with Crippen LogP contribution < -0.4 is 5.56 Å². The summed E-state index contributed by atoms with van der Waals surface area (Å²) in [4.78, 5) is 14.0. The molecule has 1 N–H and O–H groups in total. The number of aryl methyl sites for hydroxylation is 2. The second kappa shape index (κ2) is 3.13. The molecule has 0 aromatic carbocycles. The van der Waals surface area contributed by atoms with Gasteiger partial charge in [0, 0.05) is 24.4 Å². The fourth-order valence-electron chi connectivity index (χ4n) is 1.67. The summed E-state index contributed by atoms with van der Waals surface area (Å²) >= 11 is 5.77. The van der Waals surface area contributed by atoms with Gasteiger partial charge in [-0.05, 0) is 12.5 Å². The van der Waals surface area contributed by atoms with E-state index in [9.17, 15) is 4.79 Å². The van der Waals surface area contributed by atoms with Gasteiger partial charge in [0.05, 0.1) is 5.69 Å². The zero-order chi connectivity index (χ0) is 10.3. The van der Waals surface area contributed by atoms with Crippen LogP contribution in [0, 0.1) is 6.92 Å². The number of hydrogen-bond donors (Lipinski definition) is 1. The number of aromatic nitrogens is 3. The van der Waals surface area contributed by atoms with Crippen LogP contribution in [0.15, 0.2) is 10.9 Å². The monoisotopic (exact) mass is 211 g/mol. The number of rotatable bonds is 1. The molecule has 2 aromatic rings. The second-order valence-corrected chi connectivity index (χ2v) is 3.49. The van der Waals surface area contributed by atoms with E-state index in [0.29, 0.717) is 5.88 Å². The van der Waals surface area contributed by atoms with Crippen LogP contribution in [-0.2, 0) is 12.9 Å². The van der Waals surface area contributed by atoms with Crippen molar-refractivity contribution < 1.29 is 0 Å². The molecule has 14 heavy (non-hydrogen) atoms. The van der Waals surface area contributed by atoms with Gasteiger partial charge in [-0.25, -0.2) is 0 Å². The van der Waals surface area contributed by atoms with E-state index in [1.54, 1.807) is 11.7 Å². The third-order valence-electron chi connectivity index (χ3n) is 2.23. The van der Waals surface area contributed by atoms with Crippen LogP contribution in [0.2, 0.25) is 0 Å². The van der Waals surface area contributed by atoms with E-state index in [4.69, 9.17) is 11.6 Å². The molecule has 0 amide bonds. The minimum Gasteiger partial charge on any atom is -0.307 e. The Morgan fingerprint density at radius 1 is 1.64 bits per heavy atom. The second-order valence-electron chi connectivity index (χ2n) is 3.23. The van der Waals surface area contributed by atoms with Gasteiger partial charge in [0.2, 0.25) is 5.56 Å². The van der Waals surface area contributed by atoms with Crippen LogP contribution >= 0.6 is 11.6 Å². The number of aromatic amines is 1. The summed E-state index contributed by atoms with van der Waals surface area (Å²) in [7, 11) is 1.79. The molecule has 2 heterocycles. The highest BCUT2D eigenvalue weighted by atomic mass is 35.5. The smallest absolute Gasteiger partial charge is 0.249 e. The maximum Gasteiger partial charge on any atom is 0.249 e. The Balaban J connectivity index is 2.98. The van der Waals surface area contributed by atoms with Gasteiger partial charge in [0.25, 0.3) is 0 Å². The molecule has 74 valence electrons. The van der Waals surface area contributed by atoms with E-state index < -0.39 is 0 Å². The molecule has 0 saturated heterocycles. The van der Waals surface area contributed by atoms with Gasteiger partial charge >= 0.3 is 0 Å². The molecular weight excluding hydrogens is 202 g/mol. The van der Waals surface area contributed by atoms with Crippen molar-refractivity contribution in [3.8, 4) is 0 Å². The third kappa shape index (κ3) is 1.23. The fourth-order valence-corrected chi connectivity index (χ4v) is 1.89. The van der Waals surface area contributed by atoms with E-state index in [2.05, 4.69) is 10.1 Å². The highest BCUT2D eigenvalue weighted by Gasteiger charge is 2.10. The first-order valence-electron chi connectivity index (χ1n) is 4.25. The Bertz CT molecular complexity index is 541. The van der Waals surface area contributed by atoms with Crippen molar-refractivity contribution in [2.75, 3.05) is 0 Å². The fraction of sp³-hybridized carbons (Fsp3) is 0.333. The average molecular weight is 212 g/mol. The van der Waals surface area contributed by atoms with Crippen molar-refractivity contribution in [2.24, 2.45) is 7.05 Å². The summed E-state index contributed by atoms with van der Waals surface area (Å²) < 4.78 is 1.65. The van der Waals surface area contributed by atoms with Crippen LogP contribution in [-0.4, -0.2) is 14.8 Å². The highest BCUT2D eigenvalue weighted by molar-refractivity contribution is 6.18. The topological polar surface area (TPSA) is 50.7 Å². The van der Waals surface area contributed by atoms with Crippen LogP contribution in [0.25, 0.3) is 11.0 Å². The molecule has 0 unspecified atom stereocenters. The molecule has 5 heteroatoms. The van der Waals surface area contributed by atoms with Crippen LogP contribution in [0.3, 0.4) is 0 Å². The summed E-state index contributed by atoms with van der Waals surface area (Å²) in [5.74, 6) is 0.326. The van der Waals surface area contributed by atoms with Crippen molar-refractivity contribution in [3.05, 3.63) is 27.7 Å². The van der Waals surface area contributed by atoms with Gasteiger partial charge in [0.1, 0.15) is 5.65 Å². The molecule has 0 aliphatic carbocycles. The lowest BCUT2D eigenvalue weighted by Gasteiger charge is -1.98. The molecule has 0 spiro atoms. The van der Waals surface area contributed by atoms with E-state index in [-0.39, 0.29) is 5.56 Å². The number of halogens is 1. The van der Waals surface area contributed by atoms with Crippen molar-refractivity contribution in [1.29, 1.82) is 0 Å². The Morgan fingerprint density at radius 3 is 3.00 bits per heavy atom. The van der Waals surface area contributed by atoms with Gasteiger partial charge < -0.3 is 4.98 Å². The molecule has 0 radical (unpaired) electrons. The van der Waals surface area contributed by atoms with E-state index in [1.165, 1.54) is 6.07 Å². The minimum atomic E-state index is -0.142. The predicted octanol–water partition coefficient (Wildman–Crippen LogP) is 1.31. The largest absolute Gasteiger partial charge is 0.307 e. The lowest BCUT2D eigenvalue weighted by molar-refractivity contribution is 0.772. The number of nitrogens with one attached hydrogen (secondary N) is 1. The third-order valence-corrected chi connectivity index (χ3v) is 2.52. The van der Waals surface area contributed by atoms with Crippen LogP contribution in [0.5, 0.6) is 0 Å². The van der Waals surface area contributed by atoms with E-state index >= 15 is 0 Å². The van der Waals surface area contributed by atoms with Gasteiger partial charge in [-0.3, -0.25) is 9.48 Å². The van der Waals surface area contributed by atoms with E-state index in [1.807, 2.05) is 6.92 Å². The summed E-state index contributed by atoms with van der Waals surface area (Å²) in [5, 5.41) is 5.17. The number of hydrogen-bond acceptors (Lipinski definition) is 2. The number of nitrogens with zero attached hydrogens (tertiary/aromatic N) is 2. The van der Waals surface area contributed by atoms with Crippen LogP contribution in [0.4, 0.5) is 0 Å².